The number of benzene rings is 3. The summed E-state index contributed by atoms with van der Waals surface area (Å²) in [6.45, 7) is 7.94. The molecule has 0 aromatic heterocycles. The highest BCUT2D eigenvalue weighted by molar-refractivity contribution is 7.92. The number of rotatable bonds is 7. The highest BCUT2D eigenvalue weighted by Gasteiger charge is 2.18. The van der Waals surface area contributed by atoms with Crippen molar-refractivity contribution in [3.63, 3.8) is 0 Å². The lowest BCUT2D eigenvalue weighted by atomic mass is 9.99. The van der Waals surface area contributed by atoms with Gasteiger partial charge < -0.3 is 5.32 Å². The molecule has 1 atom stereocenters. The Bertz CT molecular complexity index is 1190. The van der Waals surface area contributed by atoms with Crippen molar-refractivity contribution in [2.75, 3.05) is 4.72 Å². The van der Waals surface area contributed by atoms with E-state index in [0.717, 1.165) is 17.5 Å². The minimum absolute atomic E-state index is 0.127. The van der Waals surface area contributed by atoms with E-state index in [1.54, 1.807) is 43.3 Å². The van der Waals surface area contributed by atoms with Crippen LogP contribution in [0.15, 0.2) is 71.6 Å². The molecule has 3 aromatic carbocycles. The van der Waals surface area contributed by atoms with Crippen molar-refractivity contribution in [3.8, 4) is 0 Å². The second-order valence-corrected chi connectivity index (χ2v) is 9.41. The van der Waals surface area contributed by atoms with Crippen molar-refractivity contribution in [1.82, 2.24) is 5.32 Å². The van der Waals surface area contributed by atoms with E-state index in [1.165, 1.54) is 23.3 Å². The normalized spacial score (nSPS) is 12.3. The van der Waals surface area contributed by atoms with Crippen LogP contribution in [0, 0.1) is 20.8 Å². The van der Waals surface area contributed by atoms with Crippen LogP contribution in [0.5, 0.6) is 0 Å². The Morgan fingerprint density at radius 3 is 2.19 bits per heavy atom. The Morgan fingerprint density at radius 1 is 0.871 bits per heavy atom. The average molecular weight is 437 g/mol. The van der Waals surface area contributed by atoms with Crippen molar-refractivity contribution in [2.24, 2.45) is 0 Å². The van der Waals surface area contributed by atoms with Crippen LogP contribution in [0.4, 0.5) is 5.69 Å². The molecule has 3 aromatic rings. The zero-order valence-electron chi connectivity index (χ0n) is 18.3. The fourth-order valence-corrected chi connectivity index (χ4v) is 4.46. The molecule has 5 nitrogen and oxygen atoms in total. The van der Waals surface area contributed by atoms with Gasteiger partial charge in [0.2, 0.25) is 0 Å². The summed E-state index contributed by atoms with van der Waals surface area (Å²) in [4.78, 5) is 13.1. The second kappa shape index (κ2) is 9.35. The Balaban J connectivity index is 1.83. The summed E-state index contributed by atoms with van der Waals surface area (Å²) >= 11 is 0. The van der Waals surface area contributed by atoms with Gasteiger partial charge in [-0.15, -0.1) is 0 Å². The van der Waals surface area contributed by atoms with Crippen molar-refractivity contribution < 1.29 is 13.2 Å². The Hall–Kier alpha value is -3.12. The fourth-order valence-electron chi connectivity index (χ4n) is 3.32. The van der Waals surface area contributed by atoms with Gasteiger partial charge in [-0.3, -0.25) is 9.52 Å². The zero-order chi connectivity index (χ0) is 22.6. The van der Waals surface area contributed by atoms with Crippen molar-refractivity contribution in [3.05, 3.63) is 94.5 Å². The maximum absolute atomic E-state index is 12.9. The van der Waals surface area contributed by atoms with Gasteiger partial charge in [-0.1, -0.05) is 49.4 Å². The quantitative estimate of drug-likeness (QED) is 0.528. The number of aryl methyl sites for hydroxylation is 3. The van der Waals surface area contributed by atoms with Gasteiger partial charge in [0, 0.05) is 5.56 Å². The van der Waals surface area contributed by atoms with Gasteiger partial charge in [0.25, 0.3) is 15.9 Å². The van der Waals surface area contributed by atoms with E-state index in [-0.39, 0.29) is 16.8 Å². The minimum atomic E-state index is -3.74. The summed E-state index contributed by atoms with van der Waals surface area (Å²) in [7, 11) is -3.74. The van der Waals surface area contributed by atoms with Crippen LogP contribution in [0.3, 0.4) is 0 Å². The maximum Gasteiger partial charge on any atom is 0.261 e. The molecule has 0 saturated heterocycles. The first-order valence-electron chi connectivity index (χ1n) is 10.3. The number of carbonyl (C=O) groups is 1. The SMILES string of the molecule is CC[C@@H](NC(=O)c1ccc(C)c(NS(=O)(=O)c2ccccc2)c1)c1ccc(C)c(C)c1. The van der Waals surface area contributed by atoms with Crippen molar-refractivity contribution >= 4 is 21.6 Å². The maximum atomic E-state index is 12.9. The first kappa shape index (κ1) is 22.6. The third kappa shape index (κ3) is 5.33. The molecule has 3 rings (SSSR count). The predicted molar refractivity (Wildman–Crippen MR) is 125 cm³/mol. The highest BCUT2D eigenvalue weighted by Crippen LogP contribution is 2.23. The van der Waals surface area contributed by atoms with E-state index in [9.17, 15) is 13.2 Å². The van der Waals surface area contributed by atoms with Gasteiger partial charge in [0.1, 0.15) is 0 Å². The van der Waals surface area contributed by atoms with Gasteiger partial charge >= 0.3 is 0 Å². The second-order valence-electron chi connectivity index (χ2n) is 7.73. The van der Waals surface area contributed by atoms with E-state index >= 15 is 0 Å². The number of amides is 1. The summed E-state index contributed by atoms with van der Waals surface area (Å²) in [5.41, 5.74) is 4.96. The number of sulfonamides is 1. The Morgan fingerprint density at radius 2 is 1.55 bits per heavy atom. The lowest BCUT2D eigenvalue weighted by Gasteiger charge is -2.19. The fraction of sp³-hybridized carbons (Fsp3) is 0.240. The van der Waals surface area contributed by atoms with Gasteiger partial charge in [-0.25, -0.2) is 8.42 Å². The third-order valence-corrected chi connectivity index (χ3v) is 6.83. The molecule has 0 aliphatic rings. The number of hydrogen-bond donors (Lipinski definition) is 2. The smallest absolute Gasteiger partial charge is 0.261 e. The molecule has 31 heavy (non-hydrogen) atoms. The number of carbonyl (C=O) groups excluding carboxylic acids is 1. The molecule has 0 spiro atoms. The van der Waals surface area contributed by atoms with Crippen LogP contribution < -0.4 is 10.0 Å². The van der Waals surface area contributed by atoms with E-state index in [4.69, 9.17) is 0 Å². The molecule has 0 fully saturated rings. The van der Waals surface area contributed by atoms with E-state index in [2.05, 4.69) is 36.0 Å². The standard InChI is InChI=1S/C25H28N2O3S/c1-5-23(20-13-11-17(2)19(4)15-20)26-25(28)21-14-12-18(3)24(16-21)27-31(29,30)22-9-7-6-8-10-22/h6-16,23,27H,5H2,1-4H3,(H,26,28)/t23-/m1/s1. The van der Waals surface area contributed by atoms with Crippen molar-refractivity contribution in [2.45, 2.75) is 45.1 Å². The summed E-state index contributed by atoms with van der Waals surface area (Å²) in [5.74, 6) is -0.245. The molecule has 0 saturated carbocycles. The summed E-state index contributed by atoms with van der Waals surface area (Å²) in [5, 5.41) is 3.07. The summed E-state index contributed by atoms with van der Waals surface area (Å²) < 4.78 is 28.0. The van der Waals surface area contributed by atoms with E-state index in [0.29, 0.717) is 11.3 Å². The molecular formula is C25H28N2O3S. The molecule has 6 heteroatoms. The Labute approximate surface area is 184 Å². The molecule has 0 radical (unpaired) electrons. The number of nitrogens with one attached hydrogen (secondary N) is 2. The van der Waals surface area contributed by atoms with Gasteiger partial charge in [-0.2, -0.15) is 0 Å². The van der Waals surface area contributed by atoms with Crippen LogP contribution in [0.2, 0.25) is 0 Å². The van der Waals surface area contributed by atoms with Crippen LogP contribution in [-0.4, -0.2) is 14.3 Å². The molecule has 0 heterocycles. The third-order valence-electron chi connectivity index (χ3n) is 5.44. The van der Waals surface area contributed by atoms with Crippen LogP contribution in [0.1, 0.15) is 52.0 Å². The van der Waals surface area contributed by atoms with Gasteiger partial charge in [0.05, 0.1) is 16.6 Å². The predicted octanol–water partition coefficient (Wildman–Crippen LogP) is 5.29. The topological polar surface area (TPSA) is 75.3 Å². The zero-order valence-corrected chi connectivity index (χ0v) is 19.1. The molecule has 162 valence electrons. The number of anilines is 1. The molecule has 2 N–H and O–H groups in total. The molecular weight excluding hydrogens is 408 g/mol. The largest absolute Gasteiger partial charge is 0.345 e. The first-order valence-corrected chi connectivity index (χ1v) is 11.8. The highest BCUT2D eigenvalue weighted by atomic mass is 32.2. The molecule has 0 aliphatic carbocycles. The minimum Gasteiger partial charge on any atom is -0.345 e. The monoisotopic (exact) mass is 436 g/mol. The van der Waals surface area contributed by atoms with Crippen molar-refractivity contribution in [1.29, 1.82) is 0 Å². The molecule has 0 unspecified atom stereocenters. The Kier molecular flexibility index (Phi) is 6.81. The molecule has 0 aliphatic heterocycles. The van der Waals surface area contributed by atoms with E-state index < -0.39 is 10.0 Å². The van der Waals surface area contributed by atoms with E-state index in [1.807, 2.05) is 13.0 Å². The molecule has 1 amide bonds. The first-order chi connectivity index (χ1) is 14.7. The van der Waals surface area contributed by atoms with Crippen LogP contribution in [-0.2, 0) is 10.0 Å². The van der Waals surface area contributed by atoms with Crippen LogP contribution >= 0.6 is 0 Å². The lowest BCUT2D eigenvalue weighted by molar-refractivity contribution is 0.0935. The van der Waals surface area contributed by atoms with Gasteiger partial charge in [-0.05, 0) is 73.7 Å². The van der Waals surface area contributed by atoms with Crippen LogP contribution in [0.25, 0.3) is 0 Å². The van der Waals surface area contributed by atoms with Gasteiger partial charge in [0.15, 0.2) is 0 Å². The molecule has 0 bridgehead atoms. The average Bonchev–Trinajstić information content (AvgIpc) is 2.76. The summed E-state index contributed by atoms with van der Waals surface area (Å²) in [6, 6.07) is 19.3. The summed E-state index contributed by atoms with van der Waals surface area (Å²) in [6.07, 6.45) is 0.744. The lowest BCUT2D eigenvalue weighted by Crippen LogP contribution is -2.28. The number of hydrogen-bond acceptors (Lipinski definition) is 3.